The summed E-state index contributed by atoms with van der Waals surface area (Å²) < 4.78 is 0. The molecule has 1 saturated carbocycles. The Bertz CT molecular complexity index is 546. The van der Waals surface area contributed by atoms with Crippen molar-refractivity contribution in [2.75, 3.05) is 0 Å². The molecule has 0 aromatic heterocycles. The Morgan fingerprint density at radius 1 is 0.864 bits per heavy atom. The van der Waals surface area contributed by atoms with Crippen LogP contribution in [0.2, 0.25) is 0 Å². The Hall–Kier alpha value is -1.64. The van der Waals surface area contributed by atoms with Gasteiger partial charge in [-0.3, -0.25) is 0 Å². The van der Waals surface area contributed by atoms with Crippen LogP contribution in [-0.4, -0.2) is 17.3 Å². The van der Waals surface area contributed by atoms with Crippen LogP contribution in [0, 0.1) is 0 Å². The third-order valence-corrected chi connectivity index (χ3v) is 4.62. The van der Waals surface area contributed by atoms with E-state index in [4.69, 9.17) is 0 Å². The van der Waals surface area contributed by atoms with Gasteiger partial charge >= 0.3 is 0 Å². The van der Waals surface area contributed by atoms with Crippen LogP contribution in [0.25, 0.3) is 0 Å². The summed E-state index contributed by atoms with van der Waals surface area (Å²) >= 11 is 0. The molecular formula is C20H25NO. The summed E-state index contributed by atoms with van der Waals surface area (Å²) in [6, 6.07) is 22.2. The van der Waals surface area contributed by atoms with E-state index >= 15 is 0 Å². The second-order valence-electron chi connectivity index (χ2n) is 6.33. The van der Waals surface area contributed by atoms with E-state index in [9.17, 15) is 5.11 Å². The first kappa shape index (κ1) is 15.3. The maximum absolute atomic E-state index is 9.69. The van der Waals surface area contributed by atoms with Gasteiger partial charge in [-0.05, 0) is 43.2 Å². The van der Waals surface area contributed by atoms with Crippen molar-refractivity contribution in [2.24, 2.45) is 0 Å². The number of hydrogen-bond acceptors (Lipinski definition) is 2. The number of rotatable bonds is 5. The van der Waals surface area contributed by atoms with Gasteiger partial charge in [-0.15, -0.1) is 0 Å². The fourth-order valence-electron chi connectivity index (χ4n) is 3.34. The smallest absolute Gasteiger partial charge is 0.0541 e. The maximum atomic E-state index is 9.69. The summed E-state index contributed by atoms with van der Waals surface area (Å²) in [5, 5.41) is 13.5. The molecule has 1 aliphatic carbocycles. The molecule has 1 aliphatic rings. The molecule has 0 radical (unpaired) electrons. The standard InChI is InChI=1S/C20H25NO/c22-19-13-11-18(12-14-19)21-20(17-9-5-2-6-10-17)15-16-7-3-1-4-8-16/h1-10,18-22H,11-15H2. The lowest BCUT2D eigenvalue weighted by molar-refractivity contribution is 0.114. The van der Waals surface area contributed by atoms with Gasteiger partial charge in [-0.2, -0.15) is 0 Å². The quantitative estimate of drug-likeness (QED) is 0.878. The van der Waals surface area contributed by atoms with Crippen molar-refractivity contribution in [3.05, 3.63) is 71.8 Å². The number of hydrogen-bond donors (Lipinski definition) is 2. The summed E-state index contributed by atoms with van der Waals surface area (Å²) in [5.74, 6) is 0. The van der Waals surface area contributed by atoms with Crippen molar-refractivity contribution in [3.63, 3.8) is 0 Å². The van der Waals surface area contributed by atoms with Crippen LogP contribution in [-0.2, 0) is 6.42 Å². The molecule has 1 fully saturated rings. The van der Waals surface area contributed by atoms with E-state index in [-0.39, 0.29) is 6.10 Å². The first-order valence-corrected chi connectivity index (χ1v) is 8.34. The highest BCUT2D eigenvalue weighted by molar-refractivity contribution is 5.24. The number of benzene rings is 2. The number of nitrogens with one attached hydrogen (secondary N) is 1. The van der Waals surface area contributed by atoms with E-state index in [1.165, 1.54) is 11.1 Å². The van der Waals surface area contributed by atoms with Crippen molar-refractivity contribution < 1.29 is 5.11 Å². The molecule has 2 nitrogen and oxygen atoms in total. The Morgan fingerprint density at radius 3 is 2.09 bits per heavy atom. The lowest BCUT2D eigenvalue weighted by Crippen LogP contribution is -2.37. The molecule has 1 unspecified atom stereocenters. The SMILES string of the molecule is OC1CCC(NC(Cc2ccccc2)c2ccccc2)CC1. The van der Waals surface area contributed by atoms with Crippen LogP contribution in [0.5, 0.6) is 0 Å². The molecule has 2 heteroatoms. The minimum absolute atomic E-state index is 0.0950. The molecule has 2 aromatic carbocycles. The van der Waals surface area contributed by atoms with Gasteiger partial charge in [0.2, 0.25) is 0 Å². The summed E-state index contributed by atoms with van der Waals surface area (Å²) in [6.45, 7) is 0. The molecule has 3 rings (SSSR count). The number of aliphatic hydroxyl groups excluding tert-OH is 1. The average molecular weight is 295 g/mol. The molecule has 0 amide bonds. The Balaban J connectivity index is 1.72. The fraction of sp³-hybridized carbons (Fsp3) is 0.400. The number of aliphatic hydroxyl groups is 1. The van der Waals surface area contributed by atoms with Crippen LogP contribution in [0.3, 0.4) is 0 Å². The van der Waals surface area contributed by atoms with E-state index in [0.29, 0.717) is 12.1 Å². The van der Waals surface area contributed by atoms with Gasteiger partial charge in [0.05, 0.1) is 6.10 Å². The highest BCUT2D eigenvalue weighted by Gasteiger charge is 2.22. The topological polar surface area (TPSA) is 32.3 Å². The zero-order chi connectivity index (χ0) is 15.2. The molecule has 1 atom stereocenters. The van der Waals surface area contributed by atoms with Crippen molar-refractivity contribution in [2.45, 2.75) is 50.3 Å². The first-order chi connectivity index (χ1) is 10.8. The predicted octanol–water partition coefficient (Wildman–Crippen LogP) is 3.86. The molecule has 22 heavy (non-hydrogen) atoms. The minimum Gasteiger partial charge on any atom is -0.393 e. The van der Waals surface area contributed by atoms with Gasteiger partial charge in [0.15, 0.2) is 0 Å². The van der Waals surface area contributed by atoms with Gasteiger partial charge < -0.3 is 10.4 Å². The molecule has 116 valence electrons. The van der Waals surface area contributed by atoms with E-state index in [1.54, 1.807) is 0 Å². The van der Waals surface area contributed by atoms with Crippen molar-refractivity contribution in [1.82, 2.24) is 5.32 Å². The second-order valence-corrected chi connectivity index (χ2v) is 6.33. The van der Waals surface area contributed by atoms with Crippen LogP contribution < -0.4 is 5.32 Å². The Labute approximate surface area is 133 Å². The fourth-order valence-corrected chi connectivity index (χ4v) is 3.34. The molecule has 0 saturated heterocycles. The average Bonchev–Trinajstić information content (AvgIpc) is 2.58. The van der Waals surface area contributed by atoms with Crippen LogP contribution in [0.4, 0.5) is 0 Å². The lowest BCUT2D eigenvalue weighted by Gasteiger charge is -2.31. The highest BCUT2D eigenvalue weighted by atomic mass is 16.3. The maximum Gasteiger partial charge on any atom is 0.0541 e. The zero-order valence-corrected chi connectivity index (χ0v) is 13.0. The first-order valence-electron chi connectivity index (χ1n) is 8.34. The Kier molecular flexibility index (Phi) is 5.25. The van der Waals surface area contributed by atoms with Crippen LogP contribution in [0.15, 0.2) is 60.7 Å². The third kappa shape index (κ3) is 4.19. The normalized spacial score (nSPS) is 23.1. The monoisotopic (exact) mass is 295 g/mol. The molecule has 0 aliphatic heterocycles. The van der Waals surface area contributed by atoms with Crippen molar-refractivity contribution in [1.29, 1.82) is 0 Å². The Morgan fingerprint density at radius 2 is 1.45 bits per heavy atom. The van der Waals surface area contributed by atoms with Crippen LogP contribution >= 0.6 is 0 Å². The molecular weight excluding hydrogens is 270 g/mol. The molecule has 0 spiro atoms. The van der Waals surface area contributed by atoms with Crippen molar-refractivity contribution in [3.8, 4) is 0 Å². The van der Waals surface area contributed by atoms with E-state index < -0.39 is 0 Å². The van der Waals surface area contributed by atoms with E-state index in [1.807, 2.05) is 0 Å². The van der Waals surface area contributed by atoms with Gasteiger partial charge in [-0.25, -0.2) is 0 Å². The molecule has 2 aromatic rings. The van der Waals surface area contributed by atoms with Gasteiger partial charge in [0.1, 0.15) is 0 Å². The minimum atomic E-state index is -0.0950. The second kappa shape index (κ2) is 7.57. The largest absolute Gasteiger partial charge is 0.393 e. The zero-order valence-electron chi connectivity index (χ0n) is 13.0. The summed E-state index contributed by atoms with van der Waals surface area (Å²) in [5.41, 5.74) is 2.71. The molecule has 0 bridgehead atoms. The van der Waals surface area contributed by atoms with Gasteiger partial charge in [0, 0.05) is 12.1 Å². The predicted molar refractivity (Wildman–Crippen MR) is 90.7 cm³/mol. The summed E-state index contributed by atoms with van der Waals surface area (Å²) in [7, 11) is 0. The summed E-state index contributed by atoms with van der Waals surface area (Å²) in [4.78, 5) is 0. The van der Waals surface area contributed by atoms with Gasteiger partial charge in [-0.1, -0.05) is 60.7 Å². The molecule has 0 heterocycles. The summed E-state index contributed by atoms with van der Waals surface area (Å²) in [6.07, 6.45) is 4.89. The van der Waals surface area contributed by atoms with Crippen molar-refractivity contribution >= 4 is 0 Å². The third-order valence-electron chi connectivity index (χ3n) is 4.62. The van der Waals surface area contributed by atoms with Gasteiger partial charge in [0.25, 0.3) is 0 Å². The van der Waals surface area contributed by atoms with E-state index in [2.05, 4.69) is 66.0 Å². The lowest BCUT2D eigenvalue weighted by atomic mass is 9.90. The molecule has 2 N–H and O–H groups in total. The van der Waals surface area contributed by atoms with Crippen LogP contribution in [0.1, 0.15) is 42.9 Å². The highest BCUT2D eigenvalue weighted by Crippen LogP contribution is 2.24. The van der Waals surface area contributed by atoms with E-state index in [0.717, 1.165) is 32.1 Å².